The summed E-state index contributed by atoms with van der Waals surface area (Å²) >= 11 is 1.51. The van der Waals surface area contributed by atoms with Crippen LogP contribution in [0.1, 0.15) is 20.3 Å². The number of rotatable bonds is 9. The first-order valence-corrected chi connectivity index (χ1v) is 8.27. The first-order chi connectivity index (χ1) is 9.87. The van der Waals surface area contributed by atoms with E-state index in [1.54, 1.807) is 4.90 Å². The number of hydrogen-bond donors (Lipinski definition) is 2. The molecule has 0 aromatic carbocycles. The quantitative estimate of drug-likeness (QED) is 0.653. The van der Waals surface area contributed by atoms with E-state index < -0.39 is 18.0 Å². The average Bonchev–Trinajstić information content (AvgIpc) is 2.43. The summed E-state index contributed by atoms with van der Waals surface area (Å²) in [5.74, 6) is -0.589. The van der Waals surface area contributed by atoms with E-state index >= 15 is 0 Å². The van der Waals surface area contributed by atoms with Gasteiger partial charge in [0.05, 0.1) is 0 Å². The van der Waals surface area contributed by atoms with Crippen LogP contribution >= 0.6 is 11.8 Å². The van der Waals surface area contributed by atoms with Crippen molar-refractivity contribution < 1.29 is 19.5 Å². The maximum atomic E-state index is 11.9. The smallest absolute Gasteiger partial charge is 0.326 e. The van der Waals surface area contributed by atoms with E-state index in [0.717, 1.165) is 0 Å². The van der Waals surface area contributed by atoms with Crippen molar-refractivity contribution in [2.75, 3.05) is 38.7 Å². The van der Waals surface area contributed by atoms with Crippen LogP contribution in [0.15, 0.2) is 0 Å². The molecule has 0 saturated heterocycles. The van der Waals surface area contributed by atoms with Crippen molar-refractivity contribution in [3.8, 4) is 0 Å². The molecule has 0 radical (unpaired) electrons. The number of aliphatic carboxylic acids is 1. The van der Waals surface area contributed by atoms with Gasteiger partial charge in [-0.2, -0.15) is 11.8 Å². The zero-order valence-electron chi connectivity index (χ0n) is 13.1. The van der Waals surface area contributed by atoms with Crippen LogP contribution in [0, 0.1) is 0 Å². The maximum Gasteiger partial charge on any atom is 0.326 e. The Labute approximate surface area is 130 Å². The summed E-state index contributed by atoms with van der Waals surface area (Å²) in [5, 5.41) is 11.5. The minimum atomic E-state index is -1.07. The Kier molecular flexibility index (Phi) is 9.60. The van der Waals surface area contributed by atoms with Gasteiger partial charge in [0.25, 0.3) is 0 Å². The molecule has 0 aromatic heterocycles. The van der Waals surface area contributed by atoms with Gasteiger partial charge in [0.2, 0.25) is 5.91 Å². The first kappa shape index (κ1) is 19.6. The Hall–Kier alpha value is -1.44. The van der Waals surface area contributed by atoms with Crippen molar-refractivity contribution in [3.63, 3.8) is 0 Å². The number of nitrogens with zero attached hydrogens (tertiary/aromatic N) is 2. The zero-order chi connectivity index (χ0) is 16.4. The lowest BCUT2D eigenvalue weighted by atomic mass is 10.2. The summed E-state index contributed by atoms with van der Waals surface area (Å²) in [4.78, 5) is 37.7. The third-order valence-electron chi connectivity index (χ3n) is 3.04. The molecule has 21 heavy (non-hydrogen) atoms. The number of nitrogens with one attached hydrogen (secondary N) is 1. The molecular formula is C13H25N3O4S. The predicted molar refractivity (Wildman–Crippen MR) is 83.5 cm³/mol. The molecule has 0 aliphatic carbocycles. The highest BCUT2D eigenvalue weighted by Crippen LogP contribution is 2.02. The maximum absolute atomic E-state index is 11.9. The van der Waals surface area contributed by atoms with Gasteiger partial charge >= 0.3 is 12.0 Å². The van der Waals surface area contributed by atoms with Crippen molar-refractivity contribution in [1.82, 2.24) is 15.1 Å². The van der Waals surface area contributed by atoms with Crippen LogP contribution in [0.5, 0.6) is 0 Å². The van der Waals surface area contributed by atoms with Crippen LogP contribution in [0.4, 0.5) is 4.79 Å². The van der Waals surface area contributed by atoms with Crippen molar-refractivity contribution >= 4 is 29.7 Å². The van der Waals surface area contributed by atoms with Crippen LogP contribution in [0.25, 0.3) is 0 Å². The van der Waals surface area contributed by atoms with E-state index in [4.69, 9.17) is 5.11 Å². The van der Waals surface area contributed by atoms with Gasteiger partial charge in [-0.05, 0) is 32.3 Å². The van der Waals surface area contributed by atoms with E-state index in [9.17, 15) is 14.4 Å². The van der Waals surface area contributed by atoms with Gasteiger partial charge in [-0.1, -0.05) is 0 Å². The second-order valence-electron chi connectivity index (χ2n) is 4.54. The molecule has 8 heteroatoms. The molecule has 0 saturated carbocycles. The van der Waals surface area contributed by atoms with E-state index in [1.165, 1.54) is 23.7 Å². The Morgan fingerprint density at radius 3 is 2.24 bits per heavy atom. The van der Waals surface area contributed by atoms with Gasteiger partial charge < -0.3 is 20.2 Å². The normalized spacial score (nSPS) is 11.6. The molecule has 0 heterocycles. The van der Waals surface area contributed by atoms with Gasteiger partial charge in [-0.25, -0.2) is 9.59 Å². The van der Waals surface area contributed by atoms with Crippen LogP contribution in [0.3, 0.4) is 0 Å². The predicted octanol–water partition coefficient (Wildman–Crippen LogP) is 0.703. The van der Waals surface area contributed by atoms with Crippen LogP contribution in [-0.4, -0.2) is 77.5 Å². The number of hydrogen-bond acceptors (Lipinski definition) is 4. The number of carbonyl (C=O) groups is 3. The van der Waals surface area contributed by atoms with E-state index in [2.05, 4.69) is 5.32 Å². The van der Waals surface area contributed by atoms with Gasteiger partial charge in [-0.15, -0.1) is 0 Å². The molecule has 3 amide bonds. The summed E-state index contributed by atoms with van der Waals surface area (Å²) in [6.07, 6.45) is 2.22. The molecule has 0 aliphatic rings. The summed E-state index contributed by atoms with van der Waals surface area (Å²) < 4.78 is 0. The van der Waals surface area contributed by atoms with Crippen LogP contribution in [0.2, 0.25) is 0 Å². The summed E-state index contributed by atoms with van der Waals surface area (Å²) in [6.45, 7) is 4.82. The molecule has 2 N–H and O–H groups in total. The molecule has 7 nitrogen and oxygen atoms in total. The lowest BCUT2D eigenvalue weighted by molar-refractivity contribution is -0.139. The standard InChI is InChI=1S/C13H25N3O4S/c1-5-16(6-2)11(17)9-15(3)13(20)14-10(12(18)19)7-8-21-4/h10H,5-9H2,1-4H3,(H,14,20)(H,18,19)/t10-/m1/s1. The van der Waals surface area contributed by atoms with E-state index in [-0.39, 0.29) is 12.5 Å². The number of likely N-dealkylation sites (N-methyl/N-ethyl adjacent to an activating group) is 2. The van der Waals surface area contributed by atoms with Crippen LogP contribution < -0.4 is 5.32 Å². The minimum Gasteiger partial charge on any atom is -0.480 e. The average molecular weight is 319 g/mol. The molecule has 0 aromatic rings. The Morgan fingerprint density at radius 2 is 1.81 bits per heavy atom. The topological polar surface area (TPSA) is 90.0 Å². The van der Waals surface area contributed by atoms with Crippen LogP contribution in [-0.2, 0) is 9.59 Å². The second kappa shape index (κ2) is 10.3. The van der Waals surface area contributed by atoms with Gasteiger partial charge in [0.15, 0.2) is 0 Å². The summed E-state index contributed by atoms with van der Waals surface area (Å²) in [6, 6.07) is -1.49. The fourth-order valence-corrected chi connectivity index (χ4v) is 2.17. The molecular weight excluding hydrogens is 294 g/mol. The number of thioether (sulfide) groups is 1. The van der Waals surface area contributed by atoms with E-state index in [0.29, 0.717) is 25.3 Å². The lowest BCUT2D eigenvalue weighted by Crippen LogP contribution is -2.49. The highest BCUT2D eigenvalue weighted by Gasteiger charge is 2.23. The number of urea groups is 1. The molecule has 0 fully saturated rings. The molecule has 0 spiro atoms. The molecule has 1 atom stereocenters. The Bertz CT molecular complexity index is 361. The third-order valence-corrected chi connectivity index (χ3v) is 3.69. The zero-order valence-corrected chi connectivity index (χ0v) is 13.9. The highest BCUT2D eigenvalue weighted by atomic mass is 32.2. The van der Waals surface area contributed by atoms with Crippen molar-refractivity contribution in [1.29, 1.82) is 0 Å². The van der Waals surface area contributed by atoms with E-state index in [1.807, 2.05) is 20.1 Å². The first-order valence-electron chi connectivity index (χ1n) is 6.88. The molecule has 0 unspecified atom stereocenters. The van der Waals surface area contributed by atoms with Crippen molar-refractivity contribution in [2.24, 2.45) is 0 Å². The van der Waals surface area contributed by atoms with Gasteiger partial charge in [0.1, 0.15) is 12.6 Å². The molecule has 0 bridgehead atoms. The van der Waals surface area contributed by atoms with Gasteiger partial charge in [0, 0.05) is 20.1 Å². The van der Waals surface area contributed by atoms with Crippen molar-refractivity contribution in [2.45, 2.75) is 26.3 Å². The third kappa shape index (κ3) is 7.22. The summed E-state index contributed by atoms with van der Waals surface area (Å²) in [7, 11) is 1.48. The number of carbonyl (C=O) groups excluding carboxylic acids is 2. The fraction of sp³-hybridized carbons (Fsp3) is 0.769. The number of amides is 3. The molecule has 122 valence electrons. The fourth-order valence-electron chi connectivity index (χ4n) is 1.70. The molecule has 0 rings (SSSR count). The monoisotopic (exact) mass is 319 g/mol. The minimum absolute atomic E-state index is 0.0671. The Morgan fingerprint density at radius 1 is 1.24 bits per heavy atom. The second-order valence-corrected chi connectivity index (χ2v) is 5.53. The molecule has 0 aliphatic heterocycles. The SMILES string of the molecule is CCN(CC)C(=O)CN(C)C(=O)N[C@H](CCSC)C(=O)O. The number of carboxylic acids is 1. The van der Waals surface area contributed by atoms with Crippen molar-refractivity contribution in [3.05, 3.63) is 0 Å². The highest BCUT2D eigenvalue weighted by molar-refractivity contribution is 7.98. The lowest BCUT2D eigenvalue weighted by Gasteiger charge is -2.24. The summed E-state index contributed by atoms with van der Waals surface area (Å²) in [5.41, 5.74) is 0. The van der Waals surface area contributed by atoms with Gasteiger partial charge in [-0.3, -0.25) is 4.79 Å². The Balaban J connectivity index is 4.48. The number of carboxylic acid groups (broad SMARTS) is 1. The largest absolute Gasteiger partial charge is 0.480 e.